The number of carbonyl (C=O) groups is 2. The number of amides is 1. The van der Waals surface area contributed by atoms with Crippen molar-refractivity contribution < 1.29 is 23.9 Å². The third-order valence-corrected chi connectivity index (χ3v) is 2.45. The molecule has 0 saturated carbocycles. The van der Waals surface area contributed by atoms with E-state index in [0.29, 0.717) is 0 Å². The lowest BCUT2D eigenvalue weighted by atomic mass is 10.2. The van der Waals surface area contributed by atoms with Crippen LogP contribution >= 0.6 is 0 Å². The molecule has 0 aromatic heterocycles. The summed E-state index contributed by atoms with van der Waals surface area (Å²) in [5.74, 6) is -0.603. The maximum Gasteiger partial charge on any atom is 0.408 e. The van der Waals surface area contributed by atoms with Gasteiger partial charge in [-0.2, -0.15) is 0 Å². The van der Waals surface area contributed by atoms with Crippen LogP contribution in [0.25, 0.3) is 0 Å². The molecule has 6 nitrogen and oxygen atoms in total. The van der Waals surface area contributed by atoms with E-state index in [1.807, 2.05) is 30.3 Å². The first-order chi connectivity index (χ1) is 10.3. The van der Waals surface area contributed by atoms with Gasteiger partial charge in [-0.1, -0.05) is 30.3 Å². The zero-order valence-corrected chi connectivity index (χ0v) is 12.9. The minimum absolute atomic E-state index is 0.109. The highest BCUT2D eigenvalue weighted by Crippen LogP contribution is 2.07. The van der Waals surface area contributed by atoms with Crippen molar-refractivity contribution in [3.63, 3.8) is 0 Å². The van der Waals surface area contributed by atoms with E-state index in [1.54, 1.807) is 27.1 Å². The maximum absolute atomic E-state index is 11.7. The number of alkyl carbamates (subject to hydrolysis) is 1. The number of carbonyl (C=O) groups excluding carboxylic acids is 3. The molecule has 0 spiro atoms. The number of hydrogen-bond acceptors (Lipinski definition) is 5. The summed E-state index contributed by atoms with van der Waals surface area (Å²) in [4.78, 5) is 34.0. The fraction of sp³-hybridized carbons (Fsp3) is 0.438. The third kappa shape index (κ3) is 7.42. The standard InChI is InChI=1S/C16H20NO5/c1-16(2,3)22-15(20)17-13(10-18)9-14(19)21-11-12-7-5-4-6-8-12/h4-8,13H,9,11H2,1-3H3,(H,17,20)/t13-/m0/s1. The van der Waals surface area contributed by atoms with Crippen LogP contribution in [0.2, 0.25) is 0 Å². The molecule has 22 heavy (non-hydrogen) atoms. The van der Waals surface area contributed by atoms with Crippen molar-refractivity contribution in [3.05, 3.63) is 35.9 Å². The van der Waals surface area contributed by atoms with Gasteiger partial charge in [-0.25, -0.2) is 4.79 Å². The van der Waals surface area contributed by atoms with E-state index in [0.717, 1.165) is 5.56 Å². The van der Waals surface area contributed by atoms with E-state index in [9.17, 15) is 14.4 Å². The van der Waals surface area contributed by atoms with Crippen LogP contribution in [0.4, 0.5) is 4.79 Å². The van der Waals surface area contributed by atoms with Crippen LogP contribution in [0.5, 0.6) is 0 Å². The van der Waals surface area contributed by atoms with Crippen molar-refractivity contribution in [1.82, 2.24) is 5.32 Å². The zero-order chi connectivity index (χ0) is 16.6. The first kappa shape index (κ1) is 17.7. The smallest absolute Gasteiger partial charge is 0.408 e. The fourth-order valence-corrected chi connectivity index (χ4v) is 1.54. The summed E-state index contributed by atoms with van der Waals surface area (Å²) in [5.41, 5.74) is 0.147. The Morgan fingerprint density at radius 3 is 2.41 bits per heavy atom. The highest BCUT2D eigenvalue weighted by Gasteiger charge is 2.22. The second kappa shape index (κ2) is 8.17. The van der Waals surface area contributed by atoms with Crippen LogP contribution in [-0.2, 0) is 25.7 Å². The van der Waals surface area contributed by atoms with Crippen molar-refractivity contribution in [2.45, 2.75) is 45.4 Å². The largest absolute Gasteiger partial charge is 0.461 e. The van der Waals surface area contributed by atoms with Gasteiger partial charge in [0.25, 0.3) is 0 Å². The summed E-state index contributed by atoms with van der Waals surface area (Å²) in [6, 6.07) is 8.04. The number of ether oxygens (including phenoxy) is 2. The molecular formula is C16H20NO5. The Balaban J connectivity index is 2.40. The molecule has 0 fully saturated rings. The predicted molar refractivity (Wildman–Crippen MR) is 79.7 cm³/mol. The van der Waals surface area contributed by atoms with Crippen molar-refractivity contribution in [1.29, 1.82) is 0 Å². The third-order valence-electron chi connectivity index (χ3n) is 2.45. The summed E-state index contributed by atoms with van der Waals surface area (Å²) in [5, 5.41) is 2.27. The Labute approximate surface area is 129 Å². The molecule has 0 unspecified atom stereocenters. The maximum atomic E-state index is 11.7. The molecule has 119 valence electrons. The number of esters is 1. The molecule has 1 aromatic carbocycles. The number of rotatable bonds is 6. The first-order valence-electron chi connectivity index (χ1n) is 6.87. The molecule has 0 aliphatic heterocycles. The summed E-state index contributed by atoms with van der Waals surface area (Å²) in [6.45, 7) is 5.19. The SMILES string of the molecule is CC(C)(C)OC(=O)N[C@H]([C]=O)CC(=O)OCc1ccccc1. The van der Waals surface area contributed by atoms with Gasteiger partial charge < -0.3 is 14.8 Å². The molecular weight excluding hydrogens is 286 g/mol. The van der Waals surface area contributed by atoms with Crippen LogP contribution in [0.1, 0.15) is 32.8 Å². The summed E-state index contributed by atoms with van der Waals surface area (Å²) in [6.07, 6.45) is 0.508. The molecule has 0 aliphatic rings. The summed E-state index contributed by atoms with van der Waals surface area (Å²) < 4.78 is 10.0. The molecule has 0 heterocycles. The van der Waals surface area contributed by atoms with Gasteiger partial charge in [-0.05, 0) is 26.3 Å². The highest BCUT2D eigenvalue weighted by atomic mass is 16.6. The van der Waals surface area contributed by atoms with Gasteiger partial charge in [0.1, 0.15) is 18.2 Å². The lowest BCUT2D eigenvalue weighted by Gasteiger charge is -2.21. The van der Waals surface area contributed by atoms with Gasteiger partial charge in [0, 0.05) is 0 Å². The second-order valence-corrected chi connectivity index (χ2v) is 5.67. The minimum atomic E-state index is -1.10. The Kier molecular flexibility index (Phi) is 6.56. The molecule has 1 aromatic rings. The van der Waals surface area contributed by atoms with Crippen molar-refractivity contribution in [2.75, 3.05) is 0 Å². The molecule has 0 saturated heterocycles. The van der Waals surface area contributed by atoms with Crippen LogP contribution in [0.3, 0.4) is 0 Å². The summed E-state index contributed by atoms with van der Waals surface area (Å²) in [7, 11) is 0. The Bertz CT molecular complexity index is 507. The monoisotopic (exact) mass is 306 g/mol. The molecule has 0 bridgehead atoms. The Morgan fingerprint density at radius 2 is 1.86 bits per heavy atom. The van der Waals surface area contributed by atoms with E-state index in [-0.39, 0.29) is 13.0 Å². The van der Waals surface area contributed by atoms with E-state index in [4.69, 9.17) is 9.47 Å². The molecule has 6 heteroatoms. The lowest BCUT2D eigenvalue weighted by Crippen LogP contribution is -2.41. The number of nitrogens with one attached hydrogen (secondary N) is 1. The van der Waals surface area contributed by atoms with E-state index in [1.165, 1.54) is 0 Å². The van der Waals surface area contributed by atoms with E-state index < -0.39 is 23.7 Å². The minimum Gasteiger partial charge on any atom is -0.461 e. The van der Waals surface area contributed by atoms with Gasteiger partial charge in [0.2, 0.25) is 6.29 Å². The van der Waals surface area contributed by atoms with Gasteiger partial charge in [-0.3, -0.25) is 9.59 Å². The van der Waals surface area contributed by atoms with E-state index >= 15 is 0 Å². The molecule has 1 atom stereocenters. The van der Waals surface area contributed by atoms with Gasteiger partial charge in [0.15, 0.2) is 0 Å². The normalized spacial score (nSPS) is 12.1. The first-order valence-corrected chi connectivity index (χ1v) is 6.87. The van der Waals surface area contributed by atoms with Crippen LogP contribution in [0.15, 0.2) is 30.3 Å². The Morgan fingerprint density at radius 1 is 1.23 bits per heavy atom. The molecule has 0 aliphatic carbocycles. The molecule has 1 radical (unpaired) electrons. The predicted octanol–water partition coefficient (Wildman–Crippen LogP) is 2.12. The second-order valence-electron chi connectivity index (χ2n) is 5.67. The van der Waals surface area contributed by atoms with Crippen molar-refractivity contribution in [3.8, 4) is 0 Å². The average molecular weight is 306 g/mol. The lowest BCUT2D eigenvalue weighted by molar-refractivity contribution is -0.145. The molecule has 1 rings (SSSR count). The van der Waals surface area contributed by atoms with Crippen LogP contribution < -0.4 is 5.32 Å². The molecule has 1 N–H and O–H groups in total. The number of hydrogen-bond donors (Lipinski definition) is 1. The van der Waals surface area contributed by atoms with Crippen LogP contribution in [0, 0.1) is 0 Å². The summed E-state index contributed by atoms with van der Waals surface area (Å²) >= 11 is 0. The highest BCUT2D eigenvalue weighted by molar-refractivity contribution is 5.79. The van der Waals surface area contributed by atoms with Crippen LogP contribution in [-0.4, -0.2) is 30.0 Å². The van der Waals surface area contributed by atoms with Gasteiger partial charge in [-0.15, -0.1) is 0 Å². The zero-order valence-electron chi connectivity index (χ0n) is 12.9. The fourth-order valence-electron chi connectivity index (χ4n) is 1.54. The molecule has 1 amide bonds. The van der Waals surface area contributed by atoms with Gasteiger partial charge >= 0.3 is 12.1 Å². The van der Waals surface area contributed by atoms with Crippen molar-refractivity contribution in [2.24, 2.45) is 0 Å². The number of benzene rings is 1. The Hall–Kier alpha value is -2.37. The topological polar surface area (TPSA) is 81.7 Å². The van der Waals surface area contributed by atoms with Crippen molar-refractivity contribution >= 4 is 18.3 Å². The average Bonchev–Trinajstić information content (AvgIpc) is 2.43. The van der Waals surface area contributed by atoms with Gasteiger partial charge in [0.05, 0.1) is 6.42 Å². The van der Waals surface area contributed by atoms with E-state index in [2.05, 4.69) is 5.32 Å². The quantitative estimate of drug-likeness (QED) is 0.814.